The highest BCUT2D eigenvalue weighted by Gasteiger charge is 2.39. The molecule has 1 unspecified atom stereocenters. The summed E-state index contributed by atoms with van der Waals surface area (Å²) >= 11 is 1.37. The van der Waals surface area contributed by atoms with Gasteiger partial charge in [-0.2, -0.15) is 12.7 Å². The predicted molar refractivity (Wildman–Crippen MR) is 129 cm³/mol. The minimum atomic E-state index is -4.02. The van der Waals surface area contributed by atoms with Crippen molar-refractivity contribution in [3.63, 3.8) is 0 Å². The Labute approximate surface area is 199 Å². The topological polar surface area (TPSA) is 128 Å². The molecule has 0 radical (unpaired) electrons. The van der Waals surface area contributed by atoms with Crippen LogP contribution in [0.5, 0.6) is 0 Å². The van der Waals surface area contributed by atoms with Crippen LogP contribution in [0.4, 0.5) is 11.6 Å². The Balaban J connectivity index is 1.83. The largest absolute Gasteiger partial charge is 0.394 e. The van der Waals surface area contributed by atoms with Gasteiger partial charge >= 0.3 is 10.2 Å². The molecule has 0 saturated carbocycles. The van der Waals surface area contributed by atoms with Gasteiger partial charge in [-0.15, -0.1) is 0 Å². The molecule has 1 amide bonds. The zero-order chi connectivity index (χ0) is 24.0. The van der Waals surface area contributed by atoms with E-state index in [-0.39, 0.29) is 30.9 Å². The minimum Gasteiger partial charge on any atom is -0.394 e. The first kappa shape index (κ1) is 25.2. The highest BCUT2D eigenvalue weighted by atomic mass is 32.2. The molecule has 12 heteroatoms. The number of anilines is 2. The molecule has 1 aromatic heterocycles. The van der Waals surface area contributed by atoms with E-state index in [9.17, 15) is 18.3 Å². The highest BCUT2D eigenvalue weighted by Crippen LogP contribution is 2.26. The number of nitrogens with one attached hydrogen (secondary N) is 2. The zero-order valence-corrected chi connectivity index (χ0v) is 20.6. The normalized spacial score (nSPS) is 17.5. The molecule has 1 saturated heterocycles. The average molecular weight is 495 g/mol. The van der Waals surface area contributed by atoms with Crippen molar-refractivity contribution >= 4 is 39.5 Å². The van der Waals surface area contributed by atoms with Crippen LogP contribution in [0.1, 0.15) is 25.3 Å². The molecule has 0 bridgehead atoms. The molecule has 3 rings (SSSR count). The number of carbonyl (C=O) groups excluding carboxylic acids is 1. The Hall–Kier alpha value is -2.41. The summed E-state index contributed by atoms with van der Waals surface area (Å²) in [6.45, 7) is 1.93. The molecular formula is C21H30N6O4S2. The quantitative estimate of drug-likeness (QED) is 0.337. The summed E-state index contributed by atoms with van der Waals surface area (Å²) in [7, 11) is -0.794. The van der Waals surface area contributed by atoms with Crippen molar-refractivity contribution in [3.05, 3.63) is 42.0 Å². The lowest BCUT2D eigenvalue weighted by Gasteiger charge is -2.25. The number of thioether (sulfide) groups is 1. The van der Waals surface area contributed by atoms with Crippen molar-refractivity contribution in [2.75, 3.05) is 37.3 Å². The molecule has 1 aromatic carbocycles. The van der Waals surface area contributed by atoms with Gasteiger partial charge in [0, 0.05) is 38.5 Å². The third kappa shape index (κ3) is 6.79. The molecule has 180 valence electrons. The Morgan fingerprint density at radius 2 is 1.97 bits per heavy atom. The fourth-order valence-corrected chi connectivity index (χ4v) is 5.60. The number of rotatable bonds is 10. The summed E-state index contributed by atoms with van der Waals surface area (Å²) in [6.07, 6.45) is 1.08. The Morgan fingerprint density at radius 1 is 1.27 bits per heavy atom. The van der Waals surface area contributed by atoms with Gasteiger partial charge in [-0.25, -0.2) is 9.97 Å². The molecule has 1 aliphatic heterocycles. The van der Waals surface area contributed by atoms with E-state index >= 15 is 0 Å². The number of hydrogen-bond acceptors (Lipinski definition) is 8. The van der Waals surface area contributed by atoms with Crippen molar-refractivity contribution in [1.29, 1.82) is 0 Å². The second-order valence-corrected chi connectivity index (χ2v) is 10.6. The molecule has 1 fully saturated rings. The summed E-state index contributed by atoms with van der Waals surface area (Å²) in [4.78, 5) is 22.7. The van der Waals surface area contributed by atoms with Gasteiger partial charge in [0.05, 0.1) is 6.61 Å². The van der Waals surface area contributed by atoms with Crippen molar-refractivity contribution in [1.82, 2.24) is 19.2 Å². The third-order valence-electron chi connectivity index (χ3n) is 5.06. The summed E-state index contributed by atoms with van der Waals surface area (Å²) in [6, 6.07) is 10.3. The fourth-order valence-electron chi connectivity index (χ4n) is 3.40. The summed E-state index contributed by atoms with van der Waals surface area (Å²) in [5.74, 6) is 0.842. The average Bonchev–Trinajstić information content (AvgIpc) is 3.28. The maximum Gasteiger partial charge on any atom is 0.303 e. The van der Waals surface area contributed by atoms with E-state index in [1.165, 1.54) is 27.0 Å². The Kier molecular flexibility index (Phi) is 8.51. The number of aromatic nitrogens is 2. The van der Waals surface area contributed by atoms with Crippen molar-refractivity contribution < 1.29 is 18.3 Å². The molecule has 33 heavy (non-hydrogen) atoms. The van der Waals surface area contributed by atoms with Gasteiger partial charge in [0.15, 0.2) is 5.16 Å². The number of nitrogens with zero attached hydrogens (tertiary/aromatic N) is 4. The van der Waals surface area contributed by atoms with Crippen molar-refractivity contribution in [3.8, 4) is 0 Å². The maximum absolute atomic E-state index is 13.1. The van der Waals surface area contributed by atoms with Crippen molar-refractivity contribution in [2.45, 2.75) is 42.8 Å². The first-order valence-electron chi connectivity index (χ1n) is 10.6. The van der Waals surface area contributed by atoms with Gasteiger partial charge in [-0.1, -0.05) is 42.1 Å². The fraction of sp³-hybridized carbons (Fsp3) is 0.476. The predicted octanol–water partition coefficient (Wildman–Crippen LogP) is 1.77. The van der Waals surface area contributed by atoms with E-state index in [2.05, 4.69) is 20.0 Å². The first-order valence-corrected chi connectivity index (χ1v) is 13.1. The number of carbonyl (C=O) groups is 1. The molecule has 0 spiro atoms. The Morgan fingerprint density at radius 3 is 2.64 bits per heavy atom. The lowest BCUT2D eigenvalue weighted by molar-refractivity contribution is -0.132. The Bertz CT molecular complexity index is 1050. The molecule has 2 heterocycles. The SMILES string of the molecule is C[C@H](CO)Nc1cc(NS(=O)(=O)N2CCCC2C(=O)N(C)C)nc(SCc2ccccc2)n1. The molecule has 3 N–H and O–H groups in total. The van der Waals surface area contributed by atoms with Crippen LogP contribution >= 0.6 is 11.8 Å². The minimum absolute atomic E-state index is 0.0937. The van der Waals surface area contributed by atoms with Crippen LogP contribution in [0.3, 0.4) is 0 Å². The number of aliphatic hydroxyl groups is 1. The van der Waals surface area contributed by atoms with Crippen LogP contribution in [0.15, 0.2) is 41.6 Å². The summed E-state index contributed by atoms with van der Waals surface area (Å²) < 4.78 is 30.0. The molecule has 2 atom stereocenters. The molecule has 0 aliphatic carbocycles. The van der Waals surface area contributed by atoms with Gasteiger partial charge < -0.3 is 15.3 Å². The second-order valence-electron chi connectivity index (χ2n) is 8.03. The number of hydrogen-bond donors (Lipinski definition) is 3. The van der Waals surface area contributed by atoms with E-state index in [0.29, 0.717) is 29.6 Å². The van der Waals surface area contributed by atoms with Gasteiger partial charge in [-0.3, -0.25) is 9.52 Å². The van der Waals surface area contributed by atoms with Crippen LogP contribution in [0.2, 0.25) is 0 Å². The first-order chi connectivity index (χ1) is 15.7. The van der Waals surface area contributed by atoms with Crippen LogP contribution in [-0.4, -0.2) is 77.9 Å². The van der Waals surface area contributed by atoms with Gasteiger partial charge in [0.25, 0.3) is 0 Å². The highest BCUT2D eigenvalue weighted by molar-refractivity contribution is 7.98. The van der Waals surface area contributed by atoms with E-state index in [4.69, 9.17) is 0 Å². The number of amides is 1. The monoisotopic (exact) mass is 494 g/mol. The molecular weight excluding hydrogens is 464 g/mol. The van der Waals surface area contributed by atoms with E-state index in [0.717, 1.165) is 5.56 Å². The summed E-state index contributed by atoms with van der Waals surface area (Å²) in [5, 5.41) is 12.8. The molecule has 10 nitrogen and oxygen atoms in total. The lowest BCUT2D eigenvalue weighted by Crippen LogP contribution is -2.47. The van der Waals surface area contributed by atoms with Crippen LogP contribution in [-0.2, 0) is 20.8 Å². The maximum atomic E-state index is 13.1. The van der Waals surface area contributed by atoms with Crippen molar-refractivity contribution in [2.24, 2.45) is 0 Å². The van der Waals surface area contributed by atoms with Crippen LogP contribution in [0.25, 0.3) is 0 Å². The third-order valence-corrected chi connectivity index (χ3v) is 7.50. The van der Waals surface area contributed by atoms with E-state index in [1.807, 2.05) is 30.3 Å². The van der Waals surface area contributed by atoms with Crippen LogP contribution in [0, 0.1) is 0 Å². The molecule has 2 aromatic rings. The number of likely N-dealkylation sites (N-methyl/N-ethyl adjacent to an activating group) is 1. The standard InChI is InChI=1S/C21H30N6O4S2/c1-15(13-28)22-18-12-19(24-21(23-18)32-14-16-8-5-4-6-9-16)25-33(30,31)27-11-7-10-17(27)20(29)26(2)3/h4-6,8-9,12,15,17,28H,7,10-11,13-14H2,1-3H3,(H2,22,23,24,25)/t15-,17?/m1/s1. The van der Waals surface area contributed by atoms with Gasteiger partial charge in [0.1, 0.15) is 17.7 Å². The smallest absolute Gasteiger partial charge is 0.303 e. The molecule has 1 aliphatic rings. The number of benzene rings is 1. The number of aliphatic hydroxyl groups excluding tert-OH is 1. The van der Waals surface area contributed by atoms with E-state index < -0.39 is 16.3 Å². The van der Waals surface area contributed by atoms with Gasteiger partial charge in [0.2, 0.25) is 5.91 Å². The van der Waals surface area contributed by atoms with Crippen LogP contribution < -0.4 is 10.0 Å². The van der Waals surface area contributed by atoms with Gasteiger partial charge in [-0.05, 0) is 25.3 Å². The lowest BCUT2D eigenvalue weighted by atomic mass is 10.2. The van der Waals surface area contributed by atoms with E-state index in [1.54, 1.807) is 21.0 Å². The zero-order valence-electron chi connectivity index (χ0n) is 18.9. The summed E-state index contributed by atoms with van der Waals surface area (Å²) in [5.41, 5.74) is 1.08. The second kappa shape index (κ2) is 11.1.